The van der Waals surface area contributed by atoms with Crippen molar-refractivity contribution in [1.82, 2.24) is 10.3 Å². The van der Waals surface area contributed by atoms with Crippen molar-refractivity contribution in [3.8, 4) is 0 Å². The lowest BCUT2D eigenvalue weighted by Gasteiger charge is -2.17. The highest BCUT2D eigenvalue weighted by molar-refractivity contribution is 5.09. The van der Waals surface area contributed by atoms with Crippen molar-refractivity contribution in [3.05, 3.63) is 30.1 Å². The van der Waals surface area contributed by atoms with E-state index in [0.29, 0.717) is 12.0 Å². The minimum Gasteiger partial charge on any atom is -0.314 e. The molecule has 1 unspecified atom stereocenters. The van der Waals surface area contributed by atoms with E-state index in [2.05, 4.69) is 43.2 Å². The summed E-state index contributed by atoms with van der Waals surface area (Å²) in [6.07, 6.45) is 4.78. The molecule has 0 saturated carbocycles. The van der Waals surface area contributed by atoms with Gasteiger partial charge in [0.1, 0.15) is 0 Å². The Balaban J connectivity index is 2.22. The first-order valence-electron chi connectivity index (χ1n) is 5.32. The molecule has 0 spiro atoms. The zero-order valence-electron chi connectivity index (χ0n) is 9.33. The third-order valence-electron chi connectivity index (χ3n) is 2.63. The molecule has 0 saturated heterocycles. The van der Waals surface area contributed by atoms with E-state index in [1.165, 1.54) is 5.56 Å². The Kier molecular flexibility index (Phi) is 4.60. The standard InChI is InChI=1S/C12H20N2/c1-10(2)11(3)14-9-6-12-4-7-13-8-5-12/h4-5,7-8,10-11,14H,6,9H2,1-3H3. The van der Waals surface area contributed by atoms with Crippen molar-refractivity contribution < 1.29 is 0 Å². The number of nitrogens with zero attached hydrogens (tertiary/aromatic N) is 1. The number of hydrogen-bond acceptors (Lipinski definition) is 2. The zero-order chi connectivity index (χ0) is 10.4. The minimum absolute atomic E-state index is 0.594. The van der Waals surface area contributed by atoms with E-state index in [0.717, 1.165) is 13.0 Å². The van der Waals surface area contributed by atoms with Crippen molar-refractivity contribution in [2.24, 2.45) is 5.92 Å². The Bertz CT molecular complexity index is 244. The maximum atomic E-state index is 4.00. The van der Waals surface area contributed by atoms with E-state index < -0.39 is 0 Å². The van der Waals surface area contributed by atoms with Gasteiger partial charge in [0.15, 0.2) is 0 Å². The largest absolute Gasteiger partial charge is 0.314 e. The summed E-state index contributed by atoms with van der Waals surface area (Å²) in [6.45, 7) is 7.76. The Morgan fingerprint density at radius 3 is 2.43 bits per heavy atom. The topological polar surface area (TPSA) is 24.9 Å². The molecule has 0 aromatic carbocycles. The summed E-state index contributed by atoms with van der Waals surface area (Å²) in [5.41, 5.74) is 1.35. The van der Waals surface area contributed by atoms with Crippen LogP contribution in [0, 0.1) is 5.92 Å². The van der Waals surface area contributed by atoms with Crippen LogP contribution in [0.4, 0.5) is 0 Å². The lowest BCUT2D eigenvalue weighted by Crippen LogP contribution is -2.32. The van der Waals surface area contributed by atoms with Gasteiger partial charge in [-0.3, -0.25) is 4.98 Å². The van der Waals surface area contributed by atoms with Crippen molar-refractivity contribution in [2.75, 3.05) is 6.54 Å². The Morgan fingerprint density at radius 2 is 1.86 bits per heavy atom. The monoisotopic (exact) mass is 192 g/mol. The van der Waals surface area contributed by atoms with E-state index in [-0.39, 0.29) is 0 Å². The van der Waals surface area contributed by atoms with Crippen LogP contribution in [0.25, 0.3) is 0 Å². The molecule has 1 N–H and O–H groups in total. The summed E-state index contributed by atoms with van der Waals surface area (Å²) in [5, 5.41) is 3.51. The highest BCUT2D eigenvalue weighted by Gasteiger charge is 2.04. The third kappa shape index (κ3) is 3.88. The molecule has 0 amide bonds. The number of nitrogens with one attached hydrogen (secondary N) is 1. The normalized spacial score (nSPS) is 13.1. The van der Waals surface area contributed by atoms with Crippen LogP contribution in [-0.2, 0) is 6.42 Å². The highest BCUT2D eigenvalue weighted by Crippen LogP contribution is 2.01. The first kappa shape index (κ1) is 11.2. The molecule has 0 aliphatic rings. The molecule has 0 aliphatic heterocycles. The molecule has 1 rings (SSSR count). The number of hydrogen-bond donors (Lipinski definition) is 1. The van der Waals surface area contributed by atoms with E-state index in [1.807, 2.05) is 12.4 Å². The number of aromatic nitrogens is 1. The van der Waals surface area contributed by atoms with Gasteiger partial charge in [0.2, 0.25) is 0 Å². The lowest BCUT2D eigenvalue weighted by atomic mass is 10.1. The van der Waals surface area contributed by atoms with E-state index in [9.17, 15) is 0 Å². The first-order valence-corrected chi connectivity index (χ1v) is 5.32. The van der Waals surface area contributed by atoms with Gasteiger partial charge in [-0.05, 0) is 43.5 Å². The van der Waals surface area contributed by atoms with Gasteiger partial charge in [-0.2, -0.15) is 0 Å². The predicted molar refractivity (Wildman–Crippen MR) is 60.2 cm³/mol. The summed E-state index contributed by atoms with van der Waals surface area (Å²) in [5.74, 6) is 0.701. The molecule has 0 bridgehead atoms. The fourth-order valence-electron chi connectivity index (χ4n) is 1.23. The molecular weight excluding hydrogens is 172 g/mol. The molecule has 1 aromatic heterocycles. The molecule has 78 valence electrons. The van der Waals surface area contributed by atoms with Crippen LogP contribution in [0.1, 0.15) is 26.3 Å². The third-order valence-corrected chi connectivity index (χ3v) is 2.63. The molecule has 0 radical (unpaired) electrons. The van der Waals surface area contributed by atoms with Gasteiger partial charge < -0.3 is 5.32 Å². The van der Waals surface area contributed by atoms with Gasteiger partial charge in [-0.1, -0.05) is 13.8 Å². The van der Waals surface area contributed by atoms with Crippen molar-refractivity contribution >= 4 is 0 Å². The van der Waals surface area contributed by atoms with Gasteiger partial charge in [-0.25, -0.2) is 0 Å². The van der Waals surface area contributed by atoms with Crippen LogP contribution in [-0.4, -0.2) is 17.6 Å². The summed E-state index contributed by atoms with van der Waals surface area (Å²) in [6, 6.07) is 4.74. The lowest BCUT2D eigenvalue weighted by molar-refractivity contribution is 0.430. The van der Waals surface area contributed by atoms with Gasteiger partial charge in [-0.15, -0.1) is 0 Å². The van der Waals surface area contributed by atoms with E-state index in [1.54, 1.807) is 0 Å². The second-order valence-corrected chi connectivity index (χ2v) is 4.09. The van der Waals surface area contributed by atoms with Crippen molar-refractivity contribution in [3.63, 3.8) is 0 Å². The molecular formula is C12H20N2. The highest BCUT2D eigenvalue weighted by atomic mass is 14.9. The van der Waals surface area contributed by atoms with Gasteiger partial charge in [0.05, 0.1) is 0 Å². The number of rotatable bonds is 5. The maximum absolute atomic E-state index is 4.00. The van der Waals surface area contributed by atoms with Crippen LogP contribution >= 0.6 is 0 Å². The smallest absolute Gasteiger partial charge is 0.0270 e. The summed E-state index contributed by atoms with van der Waals surface area (Å²) < 4.78 is 0. The second kappa shape index (κ2) is 5.76. The average molecular weight is 192 g/mol. The molecule has 14 heavy (non-hydrogen) atoms. The molecule has 2 heteroatoms. The zero-order valence-corrected chi connectivity index (χ0v) is 9.33. The second-order valence-electron chi connectivity index (χ2n) is 4.09. The van der Waals surface area contributed by atoms with E-state index >= 15 is 0 Å². The molecule has 2 nitrogen and oxygen atoms in total. The molecule has 0 fully saturated rings. The minimum atomic E-state index is 0.594. The average Bonchev–Trinajstić information content (AvgIpc) is 2.19. The Hall–Kier alpha value is -0.890. The Morgan fingerprint density at radius 1 is 1.21 bits per heavy atom. The van der Waals surface area contributed by atoms with Gasteiger partial charge >= 0.3 is 0 Å². The molecule has 1 atom stereocenters. The summed E-state index contributed by atoms with van der Waals surface area (Å²) in [7, 11) is 0. The molecule has 1 heterocycles. The van der Waals surface area contributed by atoms with Crippen LogP contribution in [0.5, 0.6) is 0 Å². The SMILES string of the molecule is CC(C)C(C)NCCc1ccncc1. The summed E-state index contributed by atoms with van der Waals surface area (Å²) in [4.78, 5) is 4.00. The fraction of sp³-hybridized carbons (Fsp3) is 0.583. The summed E-state index contributed by atoms with van der Waals surface area (Å²) >= 11 is 0. The fourth-order valence-corrected chi connectivity index (χ4v) is 1.23. The van der Waals surface area contributed by atoms with Crippen LogP contribution < -0.4 is 5.32 Å². The molecule has 0 aliphatic carbocycles. The first-order chi connectivity index (χ1) is 6.70. The van der Waals surface area contributed by atoms with Crippen molar-refractivity contribution in [1.29, 1.82) is 0 Å². The van der Waals surface area contributed by atoms with Crippen LogP contribution in [0.15, 0.2) is 24.5 Å². The maximum Gasteiger partial charge on any atom is 0.0270 e. The van der Waals surface area contributed by atoms with Crippen molar-refractivity contribution in [2.45, 2.75) is 33.2 Å². The molecule has 1 aromatic rings. The van der Waals surface area contributed by atoms with Crippen LogP contribution in [0.3, 0.4) is 0 Å². The van der Waals surface area contributed by atoms with Crippen LogP contribution in [0.2, 0.25) is 0 Å². The quantitative estimate of drug-likeness (QED) is 0.774. The predicted octanol–water partition coefficient (Wildman–Crippen LogP) is 2.26. The van der Waals surface area contributed by atoms with Gasteiger partial charge in [0, 0.05) is 18.4 Å². The van der Waals surface area contributed by atoms with E-state index in [4.69, 9.17) is 0 Å². The number of pyridine rings is 1. The van der Waals surface area contributed by atoms with Gasteiger partial charge in [0.25, 0.3) is 0 Å². The Labute approximate surface area is 86.8 Å².